The van der Waals surface area contributed by atoms with E-state index in [2.05, 4.69) is 49.8 Å². The predicted molar refractivity (Wildman–Crippen MR) is 154 cm³/mol. The first-order valence-corrected chi connectivity index (χ1v) is 17.4. The maximum Gasteiger partial charge on any atom is 0.240 e. The van der Waals surface area contributed by atoms with E-state index in [1.165, 1.54) is 0 Å². The second-order valence-electron chi connectivity index (χ2n) is 11.6. The van der Waals surface area contributed by atoms with Gasteiger partial charge in [-0.1, -0.05) is 56.1 Å². The van der Waals surface area contributed by atoms with Crippen LogP contribution in [0.1, 0.15) is 50.5 Å². The third kappa shape index (κ3) is 6.69. The van der Waals surface area contributed by atoms with Gasteiger partial charge in [0.05, 0.1) is 22.2 Å². The van der Waals surface area contributed by atoms with Crippen molar-refractivity contribution in [2.24, 2.45) is 5.92 Å². The number of carbonyl (C=O) groups excluding carboxylic acids is 1. The van der Waals surface area contributed by atoms with Crippen LogP contribution in [0.15, 0.2) is 24.4 Å². The van der Waals surface area contributed by atoms with E-state index in [9.17, 15) is 10.1 Å². The zero-order chi connectivity index (χ0) is 27.0. The molecule has 1 amide bonds. The number of nitriles is 1. The minimum Gasteiger partial charge on any atom is -0.412 e. The molecule has 0 bridgehead atoms. The fourth-order valence-electron chi connectivity index (χ4n) is 4.35. The highest BCUT2D eigenvalue weighted by Crippen LogP contribution is 2.39. The van der Waals surface area contributed by atoms with Crippen LogP contribution in [-0.4, -0.2) is 49.3 Å². The minimum atomic E-state index is -1.82. The second kappa shape index (κ2) is 11.2. The van der Waals surface area contributed by atoms with Gasteiger partial charge in [0.15, 0.2) is 13.4 Å². The van der Waals surface area contributed by atoms with Gasteiger partial charge in [0.1, 0.15) is 5.92 Å². The average molecular weight is 580 g/mol. The van der Waals surface area contributed by atoms with Crippen LogP contribution >= 0.6 is 34.5 Å². The van der Waals surface area contributed by atoms with Crippen molar-refractivity contribution in [1.82, 2.24) is 9.88 Å². The van der Waals surface area contributed by atoms with Crippen molar-refractivity contribution in [2.75, 3.05) is 18.0 Å². The van der Waals surface area contributed by atoms with Crippen LogP contribution in [0.5, 0.6) is 0 Å². The average Bonchev–Trinajstić information content (AvgIpc) is 3.38. The Bertz CT molecular complexity index is 1170. The summed E-state index contributed by atoms with van der Waals surface area (Å²) in [6.07, 6.45) is 5.27. The van der Waals surface area contributed by atoms with Gasteiger partial charge < -0.3 is 14.2 Å². The van der Waals surface area contributed by atoms with Crippen LogP contribution < -0.4 is 4.90 Å². The van der Waals surface area contributed by atoms with Crippen LogP contribution in [-0.2, 0) is 22.2 Å². The molecule has 2 aromatic rings. The number of nitrogens with zero attached hydrogens (tertiary/aromatic N) is 4. The number of amides is 1. The highest BCUT2D eigenvalue weighted by molar-refractivity contribution is 7.15. The first-order chi connectivity index (χ1) is 17.4. The molecule has 2 fully saturated rings. The van der Waals surface area contributed by atoms with Crippen molar-refractivity contribution in [3.05, 3.63) is 44.9 Å². The van der Waals surface area contributed by atoms with Gasteiger partial charge in [0.2, 0.25) is 5.91 Å². The van der Waals surface area contributed by atoms with Gasteiger partial charge in [0, 0.05) is 43.2 Å². The minimum absolute atomic E-state index is 0.151. The molecule has 1 saturated heterocycles. The summed E-state index contributed by atoms with van der Waals surface area (Å²) in [6, 6.07) is 7.85. The highest BCUT2D eigenvalue weighted by Gasteiger charge is 2.41. The monoisotopic (exact) mass is 578 g/mol. The molecule has 6 nitrogen and oxygen atoms in total. The van der Waals surface area contributed by atoms with E-state index in [0.29, 0.717) is 23.0 Å². The number of benzene rings is 1. The first kappa shape index (κ1) is 28.4. The van der Waals surface area contributed by atoms with Gasteiger partial charge in [0.25, 0.3) is 0 Å². The van der Waals surface area contributed by atoms with Crippen LogP contribution in [0.25, 0.3) is 0 Å². The van der Waals surface area contributed by atoms with E-state index in [0.717, 1.165) is 47.9 Å². The number of carbonyl (C=O) groups is 1. The van der Waals surface area contributed by atoms with E-state index in [1.54, 1.807) is 22.3 Å². The standard InChI is InChI=1S/C27H36Cl2N4O2SSi/c1-27(2,3)37(4,5)35-21-11-12-32(17-21)26-31-15-22(36-26)13-19(14-30)25(34)33(20-9-10-20)16-18-7-6-8-23(28)24(18)29/h6-8,15,19-21H,9-13,16-17H2,1-5H3/t19-,21-/m0/s1. The lowest BCUT2D eigenvalue weighted by Gasteiger charge is -2.38. The van der Waals surface area contributed by atoms with E-state index in [1.807, 2.05) is 18.3 Å². The molecule has 2 aliphatic rings. The fraction of sp³-hybridized carbons (Fsp3) is 0.593. The Hall–Kier alpha value is -1.63. The molecule has 1 aliphatic heterocycles. The summed E-state index contributed by atoms with van der Waals surface area (Å²) in [4.78, 5) is 23.1. The van der Waals surface area contributed by atoms with Gasteiger partial charge in [-0.2, -0.15) is 5.26 Å². The van der Waals surface area contributed by atoms with Crippen molar-refractivity contribution < 1.29 is 9.22 Å². The van der Waals surface area contributed by atoms with Gasteiger partial charge in [-0.3, -0.25) is 4.79 Å². The first-order valence-electron chi connectivity index (χ1n) is 12.9. The molecule has 1 saturated carbocycles. The maximum absolute atomic E-state index is 13.5. The number of anilines is 1. The lowest BCUT2D eigenvalue weighted by Crippen LogP contribution is -2.44. The van der Waals surface area contributed by atoms with E-state index < -0.39 is 14.2 Å². The quantitative estimate of drug-likeness (QED) is 0.302. The Kier molecular flexibility index (Phi) is 8.61. The van der Waals surface area contributed by atoms with Crippen LogP contribution in [0, 0.1) is 17.2 Å². The molecule has 37 heavy (non-hydrogen) atoms. The second-order valence-corrected chi connectivity index (χ2v) is 18.3. The Balaban J connectivity index is 1.39. The lowest BCUT2D eigenvalue weighted by molar-refractivity contribution is -0.135. The van der Waals surface area contributed by atoms with Crippen LogP contribution in [0.3, 0.4) is 0 Å². The molecule has 1 aromatic carbocycles. The van der Waals surface area contributed by atoms with Gasteiger partial charge in [-0.25, -0.2) is 4.98 Å². The Morgan fingerprint density at radius 3 is 2.70 bits per heavy atom. The normalized spacial score (nSPS) is 19.1. The summed E-state index contributed by atoms with van der Waals surface area (Å²) in [5, 5.41) is 12.0. The molecule has 2 atom stereocenters. The summed E-state index contributed by atoms with van der Waals surface area (Å²) in [5.41, 5.74) is 0.801. The number of rotatable bonds is 9. The maximum atomic E-state index is 13.5. The van der Waals surface area contributed by atoms with E-state index in [4.69, 9.17) is 27.6 Å². The predicted octanol–water partition coefficient (Wildman–Crippen LogP) is 6.92. The fourth-order valence-corrected chi connectivity index (χ4v) is 7.10. The van der Waals surface area contributed by atoms with Crippen molar-refractivity contribution in [1.29, 1.82) is 5.26 Å². The third-order valence-electron chi connectivity index (χ3n) is 7.73. The molecular weight excluding hydrogens is 543 g/mol. The molecule has 0 radical (unpaired) electrons. The molecule has 10 heteroatoms. The topological polar surface area (TPSA) is 69.5 Å². The zero-order valence-corrected chi connectivity index (χ0v) is 25.6. The molecule has 200 valence electrons. The van der Waals surface area contributed by atoms with Gasteiger partial charge in [-0.15, -0.1) is 11.3 Å². The summed E-state index contributed by atoms with van der Waals surface area (Å²) in [5.74, 6) is -0.917. The SMILES string of the molecule is CC(C)(C)[Si](C)(C)O[C@H]1CCN(c2ncc(C[C@@H](C#N)C(=O)N(Cc3cccc(Cl)c3Cl)C3CC3)s2)C1. The molecule has 0 spiro atoms. The van der Waals surface area contributed by atoms with Gasteiger partial charge >= 0.3 is 0 Å². The van der Waals surface area contributed by atoms with Crippen molar-refractivity contribution >= 4 is 53.9 Å². The molecule has 0 unspecified atom stereocenters. The summed E-state index contributed by atoms with van der Waals surface area (Å²) in [6.45, 7) is 13.5. The smallest absolute Gasteiger partial charge is 0.240 e. The van der Waals surface area contributed by atoms with E-state index in [-0.39, 0.29) is 23.1 Å². The number of hydrogen-bond donors (Lipinski definition) is 0. The zero-order valence-electron chi connectivity index (χ0n) is 22.3. The number of halogens is 2. The number of thiazole rings is 1. The van der Waals surface area contributed by atoms with E-state index >= 15 is 0 Å². The largest absolute Gasteiger partial charge is 0.412 e. The van der Waals surface area contributed by atoms with Crippen molar-refractivity contribution in [3.63, 3.8) is 0 Å². The molecule has 0 N–H and O–H groups in total. The Morgan fingerprint density at radius 1 is 1.32 bits per heavy atom. The van der Waals surface area contributed by atoms with Crippen molar-refractivity contribution in [3.8, 4) is 6.07 Å². The Labute approximate surface area is 235 Å². The van der Waals surface area contributed by atoms with Gasteiger partial charge in [-0.05, 0) is 49.0 Å². The lowest BCUT2D eigenvalue weighted by atomic mass is 10.0. The summed E-state index contributed by atoms with van der Waals surface area (Å²) >= 11 is 14.1. The van der Waals surface area contributed by atoms with Crippen LogP contribution in [0.2, 0.25) is 28.2 Å². The molecule has 1 aliphatic carbocycles. The van der Waals surface area contributed by atoms with Crippen molar-refractivity contribution in [2.45, 2.75) is 83.3 Å². The third-order valence-corrected chi connectivity index (χ3v) is 14.2. The highest BCUT2D eigenvalue weighted by atomic mass is 35.5. The van der Waals surface area contributed by atoms with Crippen LogP contribution in [0.4, 0.5) is 5.13 Å². The summed E-state index contributed by atoms with van der Waals surface area (Å²) < 4.78 is 6.62. The Morgan fingerprint density at radius 2 is 2.05 bits per heavy atom. The molecule has 4 rings (SSSR count). The number of hydrogen-bond acceptors (Lipinski definition) is 6. The molecule has 2 heterocycles. The summed E-state index contributed by atoms with van der Waals surface area (Å²) in [7, 11) is -1.82. The number of aromatic nitrogens is 1. The molecule has 1 aromatic heterocycles. The molecular formula is C27H36Cl2N4O2SSi.